The molecule has 0 aliphatic rings. The van der Waals surface area contributed by atoms with Crippen molar-refractivity contribution in [3.63, 3.8) is 0 Å². The molecule has 214 valence electrons. The second kappa shape index (κ2) is 14.3. The van der Waals surface area contributed by atoms with Crippen LogP contribution in [0.5, 0.6) is 0 Å². The van der Waals surface area contributed by atoms with Crippen LogP contribution in [0, 0.1) is 13.8 Å². The molecule has 0 aliphatic carbocycles. The first-order valence-electron chi connectivity index (χ1n) is 13.5. The predicted octanol–water partition coefficient (Wildman–Crippen LogP) is 5.88. The summed E-state index contributed by atoms with van der Waals surface area (Å²) in [7, 11) is -4.14. The largest absolute Gasteiger partial charge is 0.354 e. The van der Waals surface area contributed by atoms with E-state index in [0.717, 1.165) is 33.8 Å². The lowest BCUT2D eigenvalue weighted by Gasteiger charge is -2.33. The Labute approximate surface area is 243 Å². The summed E-state index contributed by atoms with van der Waals surface area (Å²) in [4.78, 5) is 28.9. The monoisotopic (exact) mass is 583 g/mol. The number of nitrogens with zero attached hydrogens (tertiary/aromatic N) is 2. The molecule has 0 bridgehead atoms. The van der Waals surface area contributed by atoms with Gasteiger partial charge in [0.1, 0.15) is 12.6 Å². The molecule has 7 nitrogen and oxygen atoms in total. The Morgan fingerprint density at radius 1 is 0.925 bits per heavy atom. The first kappa shape index (κ1) is 31.2. The quantitative estimate of drug-likeness (QED) is 0.255. The van der Waals surface area contributed by atoms with Gasteiger partial charge in [-0.15, -0.1) is 0 Å². The molecule has 1 unspecified atom stereocenters. The third-order valence-electron chi connectivity index (χ3n) is 6.82. The van der Waals surface area contributed by atoms with Crippen LogP contribution in [0.4, 0.5) is 5.69 Å². The van der Waals surface area contributed by atoms with Crippen molar-refractivity contribution in [2.24, 2.45) is 0 Å². The van der Waals surface area contributed by atoms with Crippen molar-refractivity contribution in [3.8, 4) is 0 Å². The number of carbonyl (C=O) groups is 2. The molecular weight excluding hydrogens is 546 g/mol. The fourth-order valence-electron chi connectivity index (χ4n) is 4.37. The molecule has 0 radical (unpaired) electrons. The van der Waals surface area contributed by atoms with Gasteiger partial charge in [-0.2, -0.15) is 0 Å². The normalized spacial score (nSPS) is 12.0. The van der Waals surface area contributed by atoms with Gasteiger partial charge in [0.25, 0.3) is 10.0 Å². The van der Waals surface area contributed by atoms with E-state index < -0.39 is 28.5 Å². The molecule has 0 heterocycles. The molecule has 9 heteroatoms. The van der Waals surface area contributed by atoms with Gasteiger partial charge in [0.05, 0.1) is 10.6 Å². The van der Waals surface area contributed by atoms with E-state index in [-0.39, 0.29) is 17.3 Å². The van der Waals surface area contributed by atoms with Gasteiger partial charge in [0.15, 0.2) is 0 Å². The Morgan fingerprint density at radius 2 is 1.57 bits per heavy atom. The van der Waals surface area contributed by atoms with E-state index in [1.54, 1.807) is 24.3 Å². The van der Waals surface area contributed by atoms with Gasteiger partial charge in [-0.05, 0) is 74.2 Å². The minimum Gasteiger partial charge on any atom is -0.354 e. The van der Waals surface area contributed by atoms with Crippen molar-refractivity contribution in [2.45, 2.75) is 64.4 Å². The Bertz CT molecular complexity index is 1390. The number of nitrogens with one attached hydrogen (secondary N) is 1. The molecule has 0 fully saturated rings. The first-order chi connectivity index (χ1) is 19.1. The number of sulfonamides is 1. The van der Waals surface area contributed by atoms with Crippen molar-refractivity contribution in [1.82, 2.24) is 10.2 Å². The summed E-state index contributed by atoms with van der Waals surface area (Å²) in [5, 5.41) is 3.35. The third kappa shape index (κ3) is 7.86. The number of anilines is 1. The summed E-state index contributed by atoms with van der Waals surface area (Å²) in [5.41, 5.74) is 3.17. The number of halogens is 1. The summed E-state index contributed by atoms with van der Waals surface area (Å²) in [6, 6.07) is 19.7. The number of benzene rings is 3. The predicted molar refractivity (Wildman–Crippen MR) is 161 cm³/mol. The molecule has 0 saturated heterocycles. The number of amides is 2. The van der Waals surface area contributed by atoms with Crippen molar-refractivity contribution >= 4 is 39.1 Å². The molecule has 2 amide bonds. The van der Waals surface area contributed by atoms with Crippen LogP contribution >= 0.6 is 11.6 Å². The van der Waals surface area contributed by atoms with E-state index in [1.807, 2.05) is 52.0 Å². The topological polar surface area (TPSA) is 86.8 Å². The summed E-state index contributed by atoms with van der Waals surface area (Å²) in [5.74, 6) is -0.723. The number of hydrogen-bond donors (Lipinski definition) is 1. The fourth-order valence-corrected chi connectivity index (χ4v) is 5.91. The number of carbonyl (C=O) groups excluding carboxylic acids is 2. The molecular formula is C31H38ClN3O4S. The minimum absolute atomic E-state index is 0.0140. The zero-order valence-corrected chi connectivity index (χ0v) is 25.1. The van der Waals surface area contributed by atoms with Crippen LogP contribution in [0.1, 0.15) is 49.8 Å². The zero-order chi connectivity index (χ0) is 29.3. The van der Waals surface area contributed by atoms with Crippen LogP contribution in [0.25, 0.3) is 0 Å². The lowest BCUT2D eigenvalue weighted by Crippen LogP contribution is -2.52. The Morgan fingerprint density at radius 3 is 2.17 bits per heavy atom. The highest BCUT2D eigenvalue weighted by atomic mass is 35.5. The first-order valence-corrected chi connectivity index (χ1v) is 15.4. The van der Waals surface area contributed by atoms with Crippen molar-refractivity contribution in [1.29, 1.82) is 0 Å². The van der Waals surface area contributed by atoms with Crippen LogP contribution in [0.3, 0.4) is 0 Å². The maximum absolute atomic E-state index is 14.1. The summed E-state index contributed by atoms with van der Waals surface area (Å²) < 4.78 is 28.9. The Hall–Kier alpha value is -3.36. The van der Waals surface area contributed by atoms with E-state index in [2.05, 4.69) is 5.32 Å². The highest BCUT2D eigenvalue weighted by molar-refractivity contribution is 7.92. The van der Waals surface area contributed by atoms with Gasteiger partial charge in [0.2, 0.25) is 11.8 Å². The standard InChI is InChI=1S/C31H38ClN3O4S/c1-5-7-20-33-31(37)29(6-2)34(21-25-11-9-8-10-24(25)4)30(36)22-35(27-16-12-23(3)13-17-27)40(38,39)28-18-14-26(32)15-19-28/h8-19,29H,5-7,20-22H2,1-4H3,(H,33,37). The molecule has 0 saturated carbocycles. The van der Waals surface area contributed by atoms with E-state index in [0.29, 0.717) is 23.7 Å². The van der Waals surface area contributed by atoms with Gasteiger partial charge < -0.3 is 10.2 Å². The minimum atomic E-state index is -4.14. The maximum atomic E-state index is 14.1. The highest BCUT2D eigenvalue weighted by Gasteiger charge is 2.33. The molecule has 3 aromatic rings. The highest BCUT2D eigenvalue weighted by Crippen LogP contribution is 2.26. The second-order valence-corrected chi connectivity index (χ2v) is 12.1. The average Bonchev–Trinajstić information content (AvgIpc) is 2.93. The van der Waals surface area contributed by atoms with Crippen LogP contribution in [0.2, 0.25) is 5.02 Å². The van der Waals surface area contributed by atoms with Gasteiger partial charge in [-0.3, -0.25) is 13.9 Å². The van der Waals surface area contributed by atoms with Gasteiger partial charge in [-0.25, -0.2) is 8.42 Å². The van der Waals surface area contributed by atoms with Crippen LogP contribution in [-0.4, -0.2) is 44.3 Å². The Balaban J connectivity index is 2.04. The maximum Gasteiger partial charge on any atom is 0.264 e. The lowest BCUT2D eigenvalue weighted by molar-refractivity contribution is -0.140. The van der Waals surface area contributed by atoms with Crippen molar-refractivity contribution in [2.75, 3.05) is 17.4 Å². The summed E-state index contributed by atoms with van der Waals surface area (Å²) in [6.45, 7) is 7.96. The molecule has 1 atom stereocenters. The molecule has 1 N–H and O–H groups in total. The molecule has 40 heavy (non-hydrogen) atoms. The third-order valence-corrected chi connectivity index (χ3v) is 8.86. The molecule has 0 aliphatic heterocycles. The smallest absolute Gasteiger partial charge is 0.264 e. The second-order valence-electron chi connectivity index (χ2n) is 9.82. The van der Waals surface area contributed by atoms with E-state index in [4.69, 9.17) is 11.6 Å². The van der Waals surface area contributed by atoms with E-state index in [1.165, 1.54) is 29.2 Å². The van der Waals surface area contributed by atoms with Crippen LogP contribution in [-0.2, 0) is 26.2 Å². The fraction of sp³-hybridized carbons (Fsp3) is 0.355. The SMILES string of the molecule is CCCCNC(=O)C(CC)N(Cc1ccccc1C)C(=O)CN(c1ccc(C)cc1)S(=O)(=O)c1ccc(Cl)cc1. The number of rotatable bonds is 13. The molecule has 0 aromatic heterocycles. The van der Waals surface area contributed by atoms with E-state index in [9.17, 15) is 18.0 Å². The van der Waals surface area contributed by atoms with Crippen molar-refractivity contribution in [3.05, 3.63) is 94.5 Å². The number of aryl methyl sites for hydroxylation is 2. The molecule has 0 spiro atoms. The van der Waals surface area contributed by atoms with Gasteiger partial charge >= 0.3 is 0 Å². The van der Waals surface area contributed by atoms with Crippen molar-refractivity contribution < 1.29 is 18.0 Å². The van der Waals surface area contributed by atoms with Gasteiger partial charge in [0, 0.05) is 18.1 Å². The Kier molecular flexibility index (Phi) is 11.2. The number of unbranched alkanes of at least 4 members (excludes halogenated alkanes) is 1. The summed E-state index contributed by atoms with van der Waals surface area (Å²) in [6.07, 6.45) is 2.13. The summed E-state index contributed by atoms with van der Waals surface area (Å²) >= 11 is 6.01. The van der Waals surface area contributed by atoms with Crippen LogP contribution < -0.4 is 9.62 Å². The zero-order valence-electron chi connectivity index (χ0n) is 23.6. The average molecular weight is 584 g/mol. The number of hydrogen-bond acceptors (Lipinski definition) is 4. The van der Waals surface area contributed by atoms with Crippen LogP contribution in [0.15, 0.2) is 77.7 Å². The van der Waals surface area contributed by atoms with Gasteiger partial charge in [-0.1, -0.05) is 73.8 Å². The lowest BCUT2D eigenvalue weighted by atomic mass is 10.1. The molecule has 3 aromatic carbocycles. The van der Waals surface area contributed by atoms with E-state index >= 15 is 0 Å². The molecule has 3 rings (SSSR count).